The molecule has 0 fully saturated rings. The smallest absolute Gasteiger partial charge is 0.405 e. The van der Waals surface area contributed by atoms with E-state index in [0.29, 0.717) is 23.5 Å². The fourth-order valence-corrected chi connectivity index (χ4v) is 3.00. The average molecular weight is 329 g/mol. The molecule has 0 radical (unpaired) electrons. The molecule has 0 aliphatic carbocycles. The molecule has 0 saturated carbocycles. The lowest BCUT2D eigenvalue weighted by Crippen LogP contribution is -2.37. The van der Waals surface area contributed by atoms with Crippen molar-refractivity contribution in [1.29, 1.82) is 0 Å². The monoisotopic (exact) mass is 329 g/mol. The lowest BCUT2D eigenvalue weighted by Gasteiger charge is -2.38. The Balaban J connectivity index is 2.04. The van der Waals surface area contributed by atoms with Gasteiger partial charge in [0.1, 0.15) is 17.7 Å². The second-order valence-corrected chi connectivity index (χ2v) is 6.83. The number of fused-ring (bicyclic) bond motifs is 1. The number of benzene rings is 2. The van der Waals surface area contributed by atoms with Gasteiger partial charge in [0.25, 0.3) is 0 Å². The first-order valence-corrected chi connectivity index (χ1v) is 7.77. The maximum Gasteiger partial charge on any atom is 0.405 e. The van der Waals surface area contributed by atoms with E-state index in [1.54, 1.807) is 24.3 Å². The number of hydrogen-bond donors (Lipinski definition) is 1. The number of ether oxygens (including phenoxy) is 2. The van der Waals surface area contributed by atoms with E-state index in [2.05, 4.69) is 0 Å². The van der Waals surface area contributed by atoms with Crippen molar-refractivity contribution in [2.24, 2.45) is 11.1 Å². The van der Waals surface area contributed by atoms with Crippen LogP contribution in [-0.2, 0) is 4.74 Å². The molecule has 1 atom stereocenters. The van der Waals surface area contributed by atoms with Gasteiger partial charge >= 0.3 is 6.09 Å². The van der Waals surface area contributed by atoms with Gasteiger partial charge in [-0.2, -0.15) is 0 Å². The molecule has 1 heterocycles. The van der Waals surface area contributed by atoms with Crippen molar-refractivity contribution in [2.45, 2.75) is 26.9 Å². The van der Waals surface area contributed by atoms with Crippen molar-refractivity contribution in [3.63, 3.8) is 0 Å². The highest BCUT2D eigenvalue weighted by atomic mass is 19.1. The zero-order valence-electron chi connectivity index (χ0n) is 13.9. The summed E-state index contributed by atoms with van der Waals surface area (Å²) in [4.78, 5) is 11.2. The Bertz CT molecular complexity index is 801. The Labute approximate surface area is 140 Å². The minimum absolute atomic E-state index is 0.281. The number of carbonyl (C=O) groups is 1. The number of halogens is 1. The average Bonchev–Trinajstić information content (AvgIpc) is 2.50. The second kappa shape index (κ2) is 5.82. The summed E-state index contributed by atoms with van der Waals surface area (Å²) in [5, 5.41) is 0. The van der Waals surface area contributed by atoms with Gasteiger partial charge < -0.3 is 15.2 Å². The lowest BCUT2D eigenvalue weighted by atomic mass is 9.80. The molecule has 3 rings (SSSR count). The van der Waals surface area contributed by atoms with Crippen LogP contribution in [0.25, 0.3) is 11.1 Å². The predicted molar refractivity (Wildman–Crippen MR) is 89.3 cm³/mol. The van der Waals surface area contributed by atoms with Crippen LogP contribution < -0.4 is 10.5 Å². The molecule has 1 unspecified atom stereocenters. The molecule has 0 spiro atoms. The topological polar surface area (TPSA) is 61.6 Å². The van der Waals surface area contributed by atoms with Gasteiger partial charge in [0.2, 0.25) is 0 Å². The summed E-state index contributed by atoms with van der Waals surface area (Å²) >= 11 is 0. The Kier molecular flexibility index (Phi) is 3.95. The number of hydrogen-bond acceptors (Lipinski definition) is 3. The van der Waals surface area contributed by atoms with Crippen LogP contribution in [0.1, 0.15) is 31.1 Å². The van der Waals surface area contributed by atoms with Crippen LogP contribution in [0.2, 0.25) is 0 Å². The third-order valence-corrected chi connectivity index (χ3v) is 4.28. The highest BCUT2D eigenvalue weighted by Gasteiger charge is 2.40. The predicted octanol–water partition coefficient (Wildman–Crippen LogP) is 4.36. The van der Waals surface area contributed by atoms with Crippen LogP contribution >= 0.6 is 0 Å². The maximum atomic E-state index is 14.2. The van der Waals surface area contributed by atoms with E-state index < -0.39 is 17.6 Å². The number of amides is 1. The highest BCUT2D eigenvalue weighted by Crippen LogP contribution is 2.46. The summed E-state index contributed by atoms with van der Waals surface area (Å²) in [7, 11) is 0. The molecular formula is C19H20FNO3. The molecule has 1 aliphatic heterocycles. The largest absolute Gasteiger partial charge is 0.492 e. The van der Waals surface area contributed by atoms with Crippen molar-refractivity contribution >= 4 is 6.09 Å². The first kappa shape index (κ1) is 16.3. The zero-order valence-corrected chi connectivity index (χ0v) is 13.9. The molecule has 2 aromatic rings. The lowest BCUT2D eigenvalue weighted by molar-refractivity contribution is -0.0176. The number of primary amides is 1. The fourth-order valence-electron chi connectivity index (χ4n) is 3.00. The molecule has 2 aromatic carbocycles. The molecule has 2 N–H and O–H groups in total. The SMILES string of the molecule is Cc1ccc(-c2ccc3c(c2)OCC(C)(C)C3OC(N)=O)c(F)c1. The molecule has 0 aromatic heterocycles. The Hall–Kier alpha value is -2.56. The normalized spacial score (nSPS) is 18.4. The quantitative estimate of drug-likeness (QED) is 0.890. The van der Waals surface area contributed by atoms with E-state index in [1.165, 1.54) is 6.07 Å². The Morgan fingerprint density at radius 1 is 1.29 bits per heavy atom. The molecule has 1 aliphatic rings. The molecule has 5 heteroatoms. The Morgan fingerprint density at radius 3 is 2.71 bits per heavy atom. The van der Waals surface area contributed by atoms with Gasteiger partial charge in [0, 0.05) is 16.5 Å². The number of nitrogens with two attached hydrogens (primary N) is 1. The zero-order chi connectivity index (χ0) is 17.5. The number of rotatable bonds is 2. The summed E-state index contributed by atoms with van der Waals surface area (Å²) in [5.41, 5.74) is 7.62. The fraction of sp³-hybridized carbons (Fsp3) is 0.316. The van der Waals surface area contributed by atoms with E-state index in [4.69, 9.17) is 15.2 Å². The van der Waals surface area contributed by atoms with E-state index in [9.17, 15) is 9.18 Å². The number of carbonyl (C=O) groups excluding carboxylic acids is 1. The van der Waals surface area contributed by atoms with Gasteiger partial charge in [0.05, 0.1) is 6.61 Å². The van der Waals surface area contributed by atoms with E-state index in [0.717, 1.165) is 11.1 Å². The van der Waals surface area contributed by atoms with Crippen LogP contribution in [0.3, 0.4) is 0 Å². The van der Waals surface area contributed by atoms with Gasteiger partial charge in [-0.15, -0.1) is 0 Å². The van der Waals surface area contributed by atoms with Crippen LogP contribution in [0.5, 0.6) is 5.75 Å². The van der Waals surface area contributed by atoms with Gasteiger partial charge in [-0.05, 0) is 30.2 Å². The molecule has 0 saturated heterocycles. The first-order chi connectivity index (χ1) is 11.3. The van der Waals surface area contributed by atoms with Crippen molar-refractivity contribution in [3.8, 4) is 16.9 Å². The highest BCUT2D eigenvalue weighted by molar-refractivity contribution is 5.68. The van der Waals surface area contributed by atoms with Crippen molar-refractivity contribution in [3.05, 3.63) is 53.3 Å². The minimum atomic E-state index is -0.824. The molecular weight excluding hydrogens is 309 g/mol. The summed E-state index contributed by atoms with van der Waals surface area (Å²) in [6, 6.07) is 10.5. The molecule has 24 heavy (non-hydrogen) atoms. The summed E-state index contributed by atoms with van der Waals surface area (Å²) in [5.74, 6) is 0.300. The molecule has 1 amide bonds. The van der Waals surface area contributed by atoms with Crippen LogP contribution in [0, 0.1) is 18.2 Å². The van der Waals surface area contributed by atoms with Gasteiger partial charge in [-0.3, -0.25) is 0 Å². The van der Waals surface area contributed by atoms with Crippen LogP contribution in [0.15, 0.2) is 36.4 Å². The summed E-state index contributed by atoms with van der Waals surface area (Å²) in [6.45, 7) is 6.10. The van der Waals surface area contributed by atoms with E-state index in [1.807, 2.05) is 26.8 Å². The van der Waals surface area contributed by atoms with Crippen molar-refractivity contribution in [1.82, 2.24) is 0 Å². The molecule has 4 nitrogen and oxygen atoms in total. The van der Waals surface area contributed by atoms with Crippen molar-refractivity contribution < 1.29 is 18.7 Å². The van der Waals surface area contributed by atoms with Crippen LogP contribution in [0.4, 0.5) is 9.18 Å². The second-order valence-electron chi connectivity index (χ2n) is 6.83. The standard InChI is InChI=1S/C19H20FNO3/c1-11-4-6-13(15(20)8-11)12-5-7-14-16(9-12)23-10-19(2,3)17(14)24-18(21)22/h4-9,17H,10H2,1-3H3,(H2,21,22). The first-order valence-electron chi connectivity index (χ1n) is 7.77. The Morgan fingerprint density at radius 2 is 2.04 bits per heavy atom. The van der Waals surface area contributed by atoms with Crippen molar-refractivity contribution in [2.75, 3.05) is 6.61 Å². The van der Waals surface area contributed by atoms with Gasteiger partial charge in [-0.25, -0.2) is 9.18 Å². The molecule has 126 valence electrons. The van der Waals surface area contributed by atoms with Crippen LogP contribution in [-0.4, -0.2) is 12.7 Å². The summed E-state index contributed by atoms with van der Waals surface area (Å²) in [6.07, 6.45) is -1.33. The third-order valence-electron chi connectivity index (χ3n) is 4.28. The number of aryl methyl sites for hydroxylation is 1. The summed E-state index contributed by atoms with van der Waals surface area (Å²) < 4.78 is 25.3. The van der Waals surface area contributed by atoms with E-state index in [-0.39, 0.29) is 5.82 Å². The molecule has 0 bridgehead atoms. The third kappa shape index (κ3) is 2.94. The van der Waals surface area contributed by atoms with E-state index >= 15 is 0 Å². The van der Waals surface area contributed by atoms with Gasteiger partial charge in [-0.1, -0.05) is 38.1 Å². The van der Waals surface area contributed by atoms with Gasteiger partial charge in [0.15, 0.2) is 0 Å². The minimum Gasteiger partial charge on any atom is -0.492 e. The maximum absolute atomic E-state index is 14.2.